The molecule has 15 heavy (non-hydrogen) atoms. The number of carbonyl (C=O) groups excluding carboxylic acids is 1. The van der Waals surface area contributed by atoms with Crippen LogP contribution >= 0.6 is 12.4 Å². The van der Waals surface area contributed by atoms with Gasteiger partial charge in [-0.15, -0.1) is 17.5 Å². The summed E-state index contributed by atoms with van der Waals surface area (Å²) < 4.78 is 6.26. The quantitative estimate of drug-likeness (QED) is 0.729. The molecule has 0 aromatic carbocycles. The van der Waals surface area contributed by atoms with Crippen LogP contribution in [-0.2, 0) is 4.74 Å². The maximum atomic E-state index is 11.1. The Balaban J connectivity index is 0.00000112. The summed E-state index contributed by atoms with van der Waals surface area (Å²) in [5.41, 5.74) is 0.263. The largest absolute Gasteiger partial charge is 0.464 e. The van der Waals surface area contributed by atoms with Crippen molar-refractivity contribution >= 4 is 18.4 Å². The number of aromatic nitrogens is 3. The Morgan fingerprint density at radius 3 is 3.13 bits per heavy atom. The fourth-order valence-electron chi connectivity index (χ4n) is 1.52. The SMILES string of the molecule is COC(=O)c1cn(C2CCNC2)nn1.Cl. The van der Waals surface area contributed by atoms with Crippen molar-refractivity contribution in [1.82, 2.24) is 20.3 Å². The van der Waals surface area contributed by atoms with Gasteiger partial charge in [0, 0.05) is 6.54 Å². The summed E-state index contributed by atoms with van der Waals surface area (Å²) in [5, 5.41) is 10.9. The van der Waals surface area contributed by atoms with E-state index in [-0.39, 0.29) is 18.1 Å². The molecule has 1 fully saturated rings. The number of methoxy groups -OCH3 is 1. The fourth-order valence-corrected chi connectivity index (χ4v) is 1.52. The molecule has 1 aliphatic heterocycles. The molecule has 0 amide bonds. The van der Waals surface area contributed by atoms with E-state index < -0.39 is 5.97 Å². The zero-order chi connectivity index (χ0) is 9.97. The van der Waals surface area contributed by atoms with Crippen molar-refractivity contribution in [2.45, 2.75) is 12.5 Å². The third-order valence-electron chi connectivity index (χ3n) is 2.31. The van der Waals surface area contributed by atoms with Crippen LogP contribution in [0.3, 0.4) is 0 Å². The van der Waals surface area contributed by atoms with Crippen LogP contribution in [0.1, 0.15) is 23.0 Å². The van der Waals surface area contributed by atoms with E-state index in [9.17, 15) is 4.79 Å². The molecule has 1 N–H and O–H groups in total. The highest BCUT2D eigenvalue weighted by Crippen LogP contribution is 2.13. The summed E-state index contributed by atoms with van der Waals surface area (Å²) in [5.74, 6) is -0.442. The molecule has 2 rings (SSSR count). The van der Waals surface area contributed by atoms with Gasteiger partial charge in [0.25, 0.3) is 0 Å². The van der Waals surface area contributed by atoms with Crippen molar-refractivity contribution in [3.05, 3.63) is 11.9 Å². The minimum atomic E-state index is -0.442. The number of esters is 1. The van der Waals surface area contributed by atoms with Gasteiger partial charge in [-0.2, -0.15) is 0 Å². The summed E-state index contributed by atoms with van der Waals surface area (Å²) in [4.78, 5) is 11.1. The Labute approximate surface area is 93.4 Å². The van der Waals surface area contributed by atoms with Crippen LogP contribution in [0.2, 0.25) is 0 Å². The van der Waals surface area contributed by atoms with Crippen LogP contribution < -0.4 is 5.32 Å². The second-order valence-corrected chi connectivity index (χ2v) is 3.22. The molecular formula is C8H13ClN4O2. The van der Waals surface area contributed by atoms with E-state index in [0.29, 0.717) is 6.04 Å². The van der Waals surface area contributed by atoms with E-state index in [1.54, 1.807) is 10.9 Å². The van der Waals surface area contributed by atoms with Gasteiger partial charge in [-0.3, -0.25) is 0 Å². The van der Waals surface area contributed by atoms with Gasteiger partial charge >= 0.3 is 5.97 Å². The minimum absolute atomic E-state index is 0. The van der Waals surface area contributed by atoms with Crippen molar-refractivity contribution in [3.8, 4) is 0 Å². The molecule has 7 heteroatoms. The molecule has 2 heterocycles. The maximum Gasteiger partial charge on any atom is 0.360 e. The van der Waals surface area contributed by atoms with Gasteiger partial charge in [-0.05, 0) is 13.0 Å². The molecule has 1 aliphatic rings. The minimum Gasteiger partial charge on any atom is -0.464 e. The molecule has 1 aromatic heterocycles. The van der Waals surface area contributed by atoms with Gasteiger partial charge in [0.15, 0.2) is 5.69 Å². The lowest BCUT2D eigenvalue weighted by atomic mass is 10.3. The summed E-state index contributed by atoms with van der Waals surface area (Å²) in [6.07, 6.45) is 2.65. The molecule has 0 radical (unpaired) electrons. The molecule has 0 aliphatic carbocycles. The van der Waals surface area contributed by atoms with E-state index in [1.807, 2.05) is 0 Å². The monoisotopic (exact) mass is 232 g/mol. The first kappa shape index (κ1) is 11.9. The maximum absolute atomic E-state index is 11.1. The highest BCUT2D eigenvalue weighted by atomic mass is 35.5. The first-order chi connectivity index (χ1) is 6.81. The number of nitrogens with one attached hydrogen (secondary N) is 1. The highest BCUT2D eigenvalue weighted by Gasteiger charge is 2.19. The van der Waals surface area contributed by atoms with Gasteiger partial charge < -0.3 is 10.1 Å². The number of ether oxygens (including phenoxy) is 1. The molecule has 84 valence electrons. The molecule has 1 atom stereocenters. The molecule has 1 saturated heterocycles. The zero-order valence-corrected chi connectivity index (χ0v) is 9.16. The van der Waals surface area contributed by atoms with Gasteiger partial charge in [0.2, 0.25) is 0 Å². The van der Waals surface area contributed by atoms with Crippen molar-refractivity contribution in [1.29, 1.82) is 0 Å². The summed E-state index contributed by atoms with van der Waals surface area (Å²) >= 11 is 0. The molecule has 0 spiro atoms. The third-order valence-corrected chi connectivity index (χ3v) is 2.31. The van der Waals surface area contributed by atoms with Crippen LogP contribution in [0, 0.1) is 0 Å². The van der Waals surface area contributed by atoms with Crippen LogP contribution in [-0.4, -0.2) is 41.2 Å². The van der Waals surface area contributed by atoms with Crippen molar-refractivity contribution in [2.75, 3.05) is 20.2 Å². The summed E-state index contributed by atoms with van der Waals surface area (Å²) in [7, 11) is 1.33. The van der Waals surface area contributed by atoms with E-state index in [4.69, 9.17) is 0 Å². The lowest BCUT2D eigenvalue weighted by Crippen LogP contribution is -2.13. The molecule has 0 bridgehead atoms. The van der Waals surface area contributed by atoms with Crippen LogP contribution in [0.15, 0.2) is 6.20 Å². The molecule has 1 aromatic rings. The Kier molecular flexibility index (Phi) is 4.05. The lowest BCUT2D eigenvalue weighted by Gasteiger charge is -2.05. The van der Waals surface area contributed by atoms with E-state index >= 15 is 0 Å². The second-order valence-electron chi connectivity index (χ2n) is 3.22. The molecule has 6 nitrogen and oxygen atoms in total. The summed E-state index contributed by atoms with van der Waals surface area (Å²) in [6.45, 7) is 1.86. The smallest absolute Gasteiger partial charge is 0.360 e. The van der Waals surface area contributed by atoms with Crippen molar-refractivity contribution < 1.29 is 9.53 Å². The number of hydrogen-bond acceptors (Lipinski definition) is 5. The molecule has 0 saturated carbocycles. The number of carbonyl (C=O) groups is 1. The Bertz CT molecular complexity index is 335. The number of rotatable bonds is 2. The van der Waals surface area contributed by atoms with Gasteiger partial charge in [-0.25, -0.2) is 9.48 Å². The van der Waals surface area contributed by atoms with Crippen LogP contribution in [0.4, 0.5) is 0 Å². The number of nitrogens with zero attached hydrogens (tertiary/aromatic N) is 3. The first-order valence-electron chi connectivity index (χ1n) is 4.52. The van der Waals surface area contributed by atoms with Crippen molar-refractivity contribution in [3.63, 3.8) is 0 Å². The zero-order valence-electron chi connectivity index (χ0n) is 8.34. The number of hydrogen-bond donors (Lipinski definition) is 1. The van der Waals surface area contributed by atoms with Gasteiger partial charge in [0.1, 0.15) is 0 Å². The molecular weight excluding hydrogens is 220 g/mol. The predicted molar refractivity (Wildman–Crippen MR) is 55.1 cm³/mol. The average Bonchev–Trinajstić information content (AvgIpc) is 2.86. The van der Waals surface area contributed by atoms with E-state index in [1.165, 1.54) is 7.11 Å². The van der Waals surface area contributed by atoms with Crippen LogP contribution in [0.5, 0.6) is 0 Å². The highest BCUT2D eigenvalue weighted by molar-refractivity contribution is 5.86. The van der Waals surface area contributed by atoms with Gasteiger partial charge in [0.05, 0.1) is 19.3 Å². The van der Waals surface area contributed by atoms with E-state index in [0.717, 1.165) is 19.5 Å². The van der Waals surface area contributed by atoms with Gasteiger partial charge in [-0.1, -0.05) is 5.21 Å². The standard InChI is InChI=1S/C8H12N4O2.ClH/c1-14-8(13)7-5-12(11-10-7)6-2-3-9-4-6;/h5-6,9H,2-4H2,1H3;1H. The summed E-state index contributed by atoms with van der Waals surface area (Å²) in [6, 6.07) is 0.306. The predicted octanol–water partition coefficient (Wildman–Crippen LogP) is 0.0209. The fraction of sp³-hybridized carbons (Fsp3) is 0.625. The first-order valence-corrected chi connectivity index (χ1v) is 4.52. The Hall–Kier alpha value is -1.14. The lowest BCUT2D eigenvalue weighted by molar-refractivity contribution is 0.0594. The normalized spacial score (nSPS) is 19.7. The second kappa shape index (κ2) is 5.09. The van der Waals surface area contributed by atoms with E-state index in [2.05, 4.69) is 20.4 Å². The Morgan fingerprint density at radius 2 is 2.53 bits per heavy atom. The van der Waals surface area contributed by atoms with Crippen molar-refractivity contribution in [2.24, 2.45) is 0 Å². The number of halogens is 1. The topological polar surface area (TPSA) is 69.0 Å². The Morgan fingerprint density at radius 1 is 1.73 bits per heavy atom. The van der Waals surface area contributed by atoms with Crippen LogP contribution in [0.25, 0.3) is 0 Å². The average molecular weight is 233 g/mol. The third kappa shape index (κ3) is 2.45. The molecule has 1 unspecified atom stereocenters.